The van der Waals surface area contributed by atoms with E-state index in [1.165, 1.54) is 6.07 Å². The van der Waals surface area contributed by atoms with Gasteiger partial charge in [-0.25, -0.2) is 8.42 Å². The Balaban J connectivity index is 0.00000162. The summed E-state index contributed by atoms with van der Waals surface area (Å²) >= 11 is 0. The van der Waals surface area contributed by atoms with Crippen LogP contribution in [0.3, 0.4) is 0 Å². The largest absolute Gasteiger partial charge is 1.00 e. The topological polar surface area (TPSA) is 57.2 Å². The van der Waals surface area contributed by atoms with Gasteiger partial charge >= 0.3 is 51.4 Å². The van der Waals surface area contributed by atoms with Gasteiger partial charge in [0.05, 0.1) is 4.90 Å². The third-order valence-corrected chi connectivity index (χ3v) is 3.47. The molecule has 0 spiro atoms. The first kappa shape index (κ1) is 16.0. The molecule has 0 fully saturated rings. The Morgan fingerprint density at radius 3 is 2.33 bits per heavy atom. The van der Waals surface area contributed by atoms with Gasteiger partial charge in [-0.3, -0.25) is 0 Å². The summed E-state index contributed by atoms with van der Waals surface area (Å²) < 4.78 is 33.6. The molecule has 0 saturated carbocycles. The molecule has 0 radical (unpaired) electrons. The fourth-order valence-corrected chi connectivity index (χ4v) is 2.67. The summed E-state index contributed by atoms with van der Waals surface area (Å²) in [7, 11) is -4.48. The molecule has 0 aliphatic heterocycles. The molecule has 88 valence electrons. The summed E-state index contributed by atoms with van der Waals surface area (Å²) in [5, 5.41) is 1.62. The molecule has 18 heavy (non-hydrogen) atoms. The van der Waals surface area contributed by atoms with Crippen molar-refractivity contribution in [3.05, 3.63) is 48.5 Å². The molecule has 3 nitrogen and oxygen atoms in total. The van der Waals surface area contributed by atoms with Crippen molar-refractivity contribution in [2.75, 3.05) is 0 Å². The third-order valence-electron chi connectivity index (χ3n) is 2.59. The second-order valence-electron chi connectivity index (χ2n) is 3.89. The fraction of sp³-hybridized carbons (Fsp3) is 0.0769. The predicted octanol–water partition coefficient (Wildman–Crippen LogP) is -0.219. The minimum atomic E-state index is -4.48. The van der Waals surface area contributed by atoms with E-state index in [4.69, 9.17) is 0 Å². The zero-order valence-corrected chi connectivity index (χ0v) is 14.2. The molecule has 0 aliphatic rings. The molecule has 5 heteroatoms. The Bertz CT molecular complexity index is 705. The van der Waals surface area contributed by atoms with Crippen molar-refractivity contribution < 1.29 is 64.4 Å². The van der Waals surface area contributed by atoms with E-state index in [1.54, 1.807) is 25.1 Å². The van der Waals surface area contributed by atoms with Crippen LogP contribution in [0.2, 0.25) is 0 Å². The summed E-state index contributed by atoms with van der Waals surface area (Å²) in [6.07, 6.45) is 0. The van der Waals surface area contributed by atoms with Crippen LogP contribution in [0.4, 0.5) is 0 Å². The molecule has 0 N–H and O–H groups in total. The third kappa shape index (κ3) is 3.11. The van der Waals surface area contributed by atoms with Crippen molar-refractivity contribution in [1.29, 1.82) is 0 Å². The number of hydrogen-bond donors (Lipinski definition) is 0. The van der Waals surface area contributed by atoms with Crippen LogP contribution in [0.25, 0.3) is 16.3 Å². The van der Waals surface area contributed by atoms with Gasteiger partial charge in [-0.05, 0) is 29.3 Å². The van der Waals surface area contributed by atoms with Gasteiger partial charge in [0, 0.05) is 5.56 Å². The minimum absolute atomic E-state index is 0. The van der Waals surface area contributed by atoms with E-state index in [2.05, 4.69) is 6.58 Å². The maximum absolute atomic E-state index is 11.2. The summed E-state index contributed by atoms with van der Waals surface area (Å²) in [4.78, 5) is -0.205. The summed E-state index contributed by atoms with van der Waals surface area (Å²) in [5.74, 6) is 0. The summed E-state index contributed by atoms with van der Waals surface area (Å²) in [6, 6.07) is 10.3. The van der Waals surface area contributed by atoms with Crippen LogP contribution in [-0.4, -0.2) is 13.0 Å². The quantitative estimate of drug-likeness (QED) is 0.566. The molecule has 2 aromatic carbocycles. The zero-order valence-electron chi connectivity index (χ0n) is 10.3. The average molecular weight is 286 g/mol. The molecule has 0 aliphatic carbocycles. The maximum atomic E-state index is 11.2. The standard InChI is InChI=1S/C13H12O3S.K/c1-9(2)13-11-6-4-3-5-10(11)7-8-12(13)17(14,15)16;/h3-8H,1H2,2H3,(H,14,15,16);/q;+1/p-1. The SMILES string of the molecule is C=C(C)c1c(S(=O)(=O)[O-])ccc2ccccc12.[K+]. The van der Waals surface area contributed by atoms with E-state index >= 15 is 0 Å². The summed E-state index contributed by atoms with van der Waals surface area (Å²) in [5.41, 5.74) is 0.981. The van der Waals surface area contributed by atoms with Crippen molar-refractivity contribution in [3.63, 3.8) is 0 Å². The van der Waals surface area contributed by atoms with Crippen LogP contribution >= 0.6 is 0 Å². The Morgan fingerprint density at radius 2 is 1.78 bits per heavy atom. The molecule has 0 bridgehead atoms. The number of allylic oxidation sites excluding steroid dienone is 1. The van der Waals surface area contributed by atoms with Gasteiger partial charge in [0.2, 0.25) is 0 Å². The second-order valence-corrected chi connectivity index (χ2v) is 5.24. The van der Waals surface area contributed by atoms with Crippen LogP contribution in [-0.2, 0) is 10.1 Å². The number of fused-ring (bicyclic) bond motifs is 1. The first-order valence-electron chi connectivity index (χ1n) is 5.05. The van der Waals surface area contributed by atoms with Gasteiger partial charge < -0.3 is 4.55 Å². The Kier molecular flexibility index (Phi) is 5.31. The van der Waals surface area contributed by atoms with Crippen LogP contribution in [0.15, 0.2) is 47.9 Å². The Labute approximate surface area is 149 Å². The van der Waals surface area contributed by atoms with Crippen LogP contribution in [0.5, 0.6) is 0 Å². The molecular weight excluding hydrogens is 275 g/mol. The van der Waals surface area contributed by atoms with Crippen LogP contribution < -0.4 is 51.4 Å². The average Bonchev–Trinajstić information content (AvgIpc) is 2.26. The first-order valence-corrected chi connectivity index (χ1v) is 6.45. The van der Waals surface area contributed by atoms with Crippen molar-refractivity contribution >= 4 is 26.5 Å². The summed E-state index contributed by atoms with van der Waals surface area (Å²) in [6.45, 7) is 5.44. The minimum Gasteiger partial charge on any atom is -0.744 e. The molecule has 0 heterocycles. The van der Waals surface area contributed by atoms with Gasteiger partial charge in [-0.1, -0.05) is 36.9 Å². The number of rotatable bonds is 2. The van der Waals surface area contributed by atoms with Crippen LogP contribution in [0, 0.1) is 0 Å². The molecule has 0 saturated heterocycles. The van der Waals surface area contributed by atoms with Gasteiger partial charge in [0.25, 0.3) is 0 Å². The van der Waals surface area contributed by atoms with Crippen molar-refractivity contribution in [3.8, 4) is 0 Å². The van der Waals surface area contributed by atoms with Crippen molar-refractivity contribution in [2.24, 2.45) is 0 Å². The van der Waals surface area contributed by atoms with E-state index in [1.807, 2.05) is 12.1 Å². The van der Waals surface area contributed by atoms with E-state index in [0.29, 0.717) is 11.1 Å². The zero-order chi connectivity index (χ0) is 12.6. The maximum Gasteiger partial charge on any atom is 1.00 e. The Morgan fingerprint density at radius 1 is 1.17 bits per heavy atom. The van der Waals surface area contributed by atoms with Crippen molar-refractivity contribution in [1.82, 2.24) is 0 Å². The van der Waals surface area contributed by atoms with E-state index in [0.717, 1.165) is 10.8 Å². The molecule has 0 aromatic heterocycles. The van der Waals surface area contributed by atoms with Crippen molar-refractivity contribution in [2.45, 2.75) is 11.8 Å². The monoisotopic (exact) mass is 286 g/mol. The first-order chi connectivity index (χ1) is 7.91. The smallest absolute Gasteiger partial charge is 0.744 e. The number of hydrogen-bond acceptors (Lipinski definition) is 3. The molecule has 0 unspecified atom stereocenters. The van der Waals surface area contributed by atoms with Gasteiger partial charge in [0.15, 0.2) is 0 Å². The van der Waals surface area contributed by atoms with Crippen LogP contribution in [0.1, 0.15) is 12.5 Å². The van der Waals surface area contributed by atoms with Gasteiger partial charge in [-0.2, -0.15) is 0 Å². The second kappa shape index (κ2) is 5.96. The molecule has 0 amide bonds. The predicted molar refractivity (Wildman–Crippen MR) is 66.6 cm³/mol. The van der Waals surface area contributed by atoms with E-state index in [9.17, 15) is 13.0 Å². The normalized spacial score (nSPS) is 11.0. The van der Waals surface area contributed by atoms with E-state index in [-0.39, 0.29) is 56.3 Å². The molecule has 2 aromatic rings. The Hall–Kier alpha value is -0.0136. The van der Waals surface area contributed by atoms with Gasteiger partial charge in [0.1, 0.15) is 10.1 Å². The molecule has 0 atom stereocenters. The molecule has 2 rings (SSSR count). The van der Waals surface area contributed by atoms with E-state index < -0.39 is 10.1 Å². The number of benzene rings is 2. The fourth-order valence-electron chi connectivity index (χ4n) is 1.90. The molecular formula is C13H11KO3S. The van der Waals surface area contributed by atoms with Gasteiger partial charge in [-0.15, -0.1) is 0 Å².